The lowest BCUT2D eigenvalue weighted by molar-refractivity contribution is -0.147. The smallest absolute Gasteiger partial charge is 0.312 e. The lowest BCUT2D eigenvalue weighted by Gasteiger charge is -2.06. The fourth-order valence-electron chi connectivity index (χ4n) is 2.45. The first-order valence-corrected chi connectivity index (χ1v) is 5.92. The summed E-state index contributed by atoms with van der Waals surface area (Å²) in [4.78, 5) is 11.7. The molecule has 2 nitrogen and oxygen atoms in total. The number of methoxy groups -OCH3 is 1. The van der Waals surface area contributed by atoms with E-state index in [1.165, 1.54) is 12.7 Å². The molecule has 1 fully saturated rings. The maximum absolute atomic E-state index is 11.7. The summed E-state index contributed by atoms with van der Waals surface area (Å²) in [7, 11) is 1.45. The highest BCUT2D eigenvalue weighted by molar-refractivity contribution is 5.81. The minimum absolute atomic E-state index is 0.104. The van der Waals surface area contributed by atoms with Crippen molar-refractivity contribution in [2.75, 3.05) is 7.11 Å². The molecule has 0 N–H and O–H groups in total. The van der Waals surface area contributed by atoms with E-state index in [0.29, 0.717) is 5.92 Å². The summed E-state index contributed by atoms with van der Waals surface area (Å²) in [6.45, 7) is 4.07. The minimum Gasteiger partial charge on any atom is -0.469 e. The van der Waals surface area contributed by atoms with Crippen molar-refractivity contribution in [2.24, 2.45) is 17.3 Å². The summed E-state index contributed by atoms with van der Waals surface area (Å²) < 4.78 is 4.86. The Labute approximate surface area is 102 Å². The molecule has 0 heterocycles. The molecule has 1 saturated carbocycles. The van der Waals surface area contributed by atoms with E-state index in [1.807, 2.05) is 25.1 Å². The average Bonchev–Trinajstić information content (AvgIpc) is 2.90. The third-order valence-corrected chi connectivity index (χ3v) is 3.99. The number of carbonyl (C=O) groups is 1. The van der Waals surface area contributed by atoms with Gasteiger partial charge in [-0.25, -0.2) is 0 Å². The van der Waals surface area contributed by atoms with Gasteiger partial charge in [0.1, 0.15) is 0 Å². The van der Waals surface area contributed by atoms with E-state index in [1.54, 1.807) is 0 Å². The van der Waals surface area contributed by atoms with Crippen LogP contribution in [0.15, 0.2) is 36.4 Å². The first kappa shape index (κ1) is 11.9. The van der Waals surface area contributed by atoms with Crippen LogP contribution in [0.4, 0.5) is 0 Å². The number of allylic oxidation sites excluding steroid dienone is 1. The molecule has 0 bridgehead atoms. The molecule has 2 heteroatoms. The largest absolute Gasteiger partial charge is 0.469 e. The number of hydrogen-bond donors (Lipinski definition) is 0. The van der Waals surface area contributed by atoms with Gasteiger partial charge in [-0.2, -0.15) is 0 Å². The second kappa shape index (κ2) is 4.36. The van der Waals surface area contributed by atoms with Crippen molar-refractivity contribution in [1.82, 2.24) is 0 Å². The molecule has 0 aliphatic heterocycles. The van der Waals surface area contributed by atoms with Crippen molar-refractivity contribution in [3.63, 3.8) is 0 Å². The normalized spacial score (nSPS) is 31.5. The van der Waals surface area contributed by atoms with E-state index in [-0.39, 0.29) is 17.3 Å². The number of esters is 1. The Balaban J connectivity index is 2.08. The molecular formula is C15H18O2. The van der Waals surface area contributed by atoms with Crippen LogP contribution >= 0.6 is 0 Å². The van der Waals surface area contributed by atoms with Crippen molar-refractivity contribution in [3.8, 4) is 0 Å². The molecule has 2 rings (SSSR count). The zero-order valence-corrected chi connectivity index (χ0v) is 10.5. The van der Waals surface area contributed by atoms with Crippen molar-refractivity contribution in [1.29, 1.82) is 0 Å². The average molecular weight is 230 g/mol. The summed E-state index contributed by atoms with van der Waals surface area (Å²) in [5, 5.41) is 0. The van der Waals surface area contributed by atoms with Crippen molar-refractivity contribution < 1.29 is 9.53 Å². The Morgan fingerprint density at radius 2 is 2.00 bits per heavy atom. The van der Waals surface area contributed by atoms with Gasteiger partial charge in [-0.05, 0) is 24.3 Å². The summed E-state index contributed by atoms with van der Waals surface area (Å²) >= 11 is 0. The lowest BCUT2D eigenvalue weighted by atomic mass is 10.1. The molecule has 1 aromatic carbocycles. The molecule has 17 heavy (non-hydrogen) atoms. The van der Waals surface area contributed by atoms with Gasteiger partial charge in [0.05, 0.1) is 12.5 Å². The Hall–Kier alpha value is -1.57. The monoisotopic (exact) mass is 230 g/mol. The van der Waals surface area contributed by atoms with E-state index in [4.69, 9.17) is 4.74 Å². The molecule has 0 aromatic heterocycles. The van der Waals surface area contributed by atoms with Crippen molar-refractivity contribution >= 4 is 12.0 Å². The molecule has 0 saturated heterocycles. The third-order valence-electron chi connectivity index (χ3n) is 3.99. The van der Waals surface area contributed by atoms with Crippen LogP contribution in [0, 0.1) is 17.3 Å². The molecule has 1 aliphatic carbocycles. The third kappa shape index (κ3) is 1.99. The molecule has 90 valence electrons. The van der Waals surface area contributed by atoms with E-state index >= 15 is 0 Å². The van der Waals surface area contributed by atoms with Gasteiger partial charge in [0, 0.05) is 0 Å². The van der Waals surface area contributed by atoms with Crippen LogP contribution in [-0.4, -0.2) is 13.1 Å². The number of hydrogen-bond acceptors (Lipinski definition) is 2. The van der Waals surface area contributed by atoms with Gasteiger partial charge in [-0.1, -0.05) is 49.4 Å². The van der Waals surface area contributed by atoms with Crippen molar-refractivity contribution in [2.45, 2.75) is 13.8 Å². The summed E-state index contributed by atoms with van der Waals surface area (Å²) in [6.07, 6.45) is 4.20. The lowest BCUT2D eigenvalue weighted by Crippen LogP contribution is -2.16. The van der Waals surface area contributed by atoms with E-state index in [2.05, 4.69) is 31.2 Å². The van der Waals surface area contributed by atoms with E-state index in [9.17, 15) is 4.79 Å². The Bertz CT molecular complexity index is 435. The molecule has 3 atom stereocenters. The molecule has 1 aromatic rings. The Morgan fingerprint density at radius 1 is 1.35 bits per heavy atom. The first-order chi connectivity index (χ1) is 8.10. The van der Waals surface area contributed by atoms with Crippen LogP contribution in [-0.2, 0) is 9.53 Å². The van der Waals surface area contributed by atoms with Gasteiger partial charge in [0.15, 0.2) is 0 Å². The highest BCUT2D eigenvalue weighted by Crippen LogP contribution is 2.59. The molecular weight excluding hydrogens is 212 g/mol. The second-order valence-electron chi connectivity index (χ2n) is 4.86. The quantitative estimate of drug-likeness (QED) is 0.746. The first-order valence-electron chi connectivity index (χ1n) is 5.92. The summed E-state index contributed by atoms with van der Waals surface area (Å²) in [5.41, 5.74) is 0.832. The van der Waals surface area contributed by atoms with E-state index < -0.39 is 0 Å². The fourth-order valence-corrected chi connectivity index (χ4v) is 2.45. The van der Waals surface area contributed by atoms with Crippen LogP contribution < -0.4 is 0 Å². The maximum Gasteiger partial charge on any atom is 0.312 e. The minimum atomic E-state index is -0.333. The number of rotatable bonds is 3. The topological polar surface area (TPSA) is 26.3 Å². The molecule has 0 radical (unpaired) electrons. The molecule has 0 amide bonds. The molecule has 0 spiro atoms. The molecule has 1 aliphatic rings. The molecule has 3 unspecified atom stereocenters. The van der Waals surface area contributed by atoms with Gasteiger partial charge in [0.2, 0.25) is 0 Å². The van der Waals surface area contributed by atoms with Crippen molar-refractivity contribution in [3.05, 3.63) is 42.0 Å². The zero-order valence-electron chi connectivity index (χ0n) is 10.5. The van der Waals surface area contributed by atoms with Crippen LogP contribution in [0.1, 0.15) is 19.4 Å². The summed E-state index contributed by atoms with van der Waals surface area (Å²) in [6, 6.07) is 10.1. The Kier molecular flexibility index (Phi) is 3.05. The highest BCUT2D eigenvalue weighted by Gasteiger charge is 2.63. The van der Waals surface area contributed by atoms with E-state index in [0.717, 1.165) is 0 Å². The second-order valence-corrected chi connectivity index (χ2v) is 4.86. The fraction of sp³-hybridized carbons (Fsp3) is 0.400. The van der Waals surface area contributed by atoms with Gasteiger partial charge >= 0.3 is 5.97 Å². The van der Waals surface area contributed by atoms with Gasteiger partial charge in [0.25, 0.3) is 0 Å². The van der Waals surface area contributed by atoms with Crippen LogP contribution in [0.3, 0.4) is 0 Å². The Morgan fingerprint density at radius 3 is 2.59 bits per heavy atom. The SMILES string of the molecule is COC(=O)C1(C)C(C)C1C=Cc1ccccc1. The predicted octanol–water partition coefficient (Wildman–Crippen LogP) is 3.15. The predicted molar refractivity (Wildman–Crippen MR) is 68.3 cm³/mol. The number of benzene rings is 1. The van der Waals surface area contributed by atoms with Crippen LogP contribution in [0.5, 0.6) is 0 Å². The highest BCUT2D eigenvalue weighted by atomic mass is 16.5. The maximum atomic E-state index is 11.7. The zero-order chi connectivity index (χ0) is 12.5. The number of ether oxygens (including phenoxy) is 1. The summed E-state index contributed by atoms with van der Waals surface area (Å²) in [5.74, 6) is 0.540. The van der Waals surface area contributed by atoms with Crippen LogP contribution in [0.25, 0.3) is 6.08 Å². The standard InChI is InChI=1S/C15H18O2/c1-11-13(15(11,2)14(16)17-3)10-9-12-7-5-4-6-8-12/h4-11,13H,1-3H3. The van der Waals surface area contributed by atoms with Gasteiger partial charge in [-0.3, -0.25) is 4.79 Å². The van der Waals surface area contributed by atoms with Gasteiger partial charge in [-0.15, -0.1) is 0 Å². The van der Waals surface area contributed by atoms with Crippen LogP contribution in [0.2, 0.25) is 0 Å². The number of carbonyl (C=O) groups excluding carboxylic acids is 1. The van der Waals surface area contributed by atoms with Gasteiger partial charge < -0.3 is 4.74 Å².